The van der Waals surface area contributed by atoms with Crippen molar-refractivity contribution in [1.29, 1.82) is 0 Å². The van der Waals surface area contributed by atoms with E-state index in [0.717, 1.165) is 66.0 Å². The average molecular weight is 964 g/mol. The summed E-state index contributed by atoms with van der Waals surface area (Å²) in [7, 11) is 0. The molecule has 9 aromatic rings. The summed E-state index contributed by atoms with van der Waals surface area (Å²) in [6, 6.07) is 44.9. The Balaban J connectivity index is 0.000000186. The van der Waals surface area contributed by atoms with Crippen LogP contribution in [0.2, 0.25) is 17.3 Å². The number of benzene rings is 5. The molecule has 0 aliphatic rings. The van der Waals surface area contributed by atoms with E-state index in [9.17, 15) is 4.39 Å². The Morgan fingerprint density at radius 2 is 1.59 bits per heavy atom. The molecule has 4 heterocycles. The average Bonchev–Trinajstić information content (AvgIpc) is 3.74. The van der Waals surface area contributed by atoms with Gasteiger partial charge in [0.15, 0.2) is 0 Å². The first-order chi connectivity index (χ1) is 25.7. The number of nitrogens with zero attached hydrogens (tertiary/aromatic N) is 4. The first-order valence-corrected chi connectivity index (χ1v) is 26.1. The SMILES string of the molecule is CC(C)Cc1cc(-c2[c-]cccc2)nc[c]1[Ge]([CH3])([CH3])[CH3].Fc1cccc2sc3c(-c4nc5ccccc5n4-c4cccc5ccccc45)[c-]cnc3c12.[Ir]. The van der Waals surface area contributed by atoms with Crippen molar-refractivity contribution in [3.8, 4) is 28.3 Å². The summed E-state index contributed by atoms with van der Waals surface area (Å²) < 4.78 is 20.2. The van der Waals surface area contributed by atoms with Crippen LogP contribution in [-0.4, -0.2) is 32.8 Å². The number of imidazole rings is 1. The molecule has 0 amide bonds. The van der Waals surface area contributed by atoms with E-state index in [0.29, 0.717) is 16.8 Å². The van der Waals surface area contributed by atoms with Gasteiger partial charge in [-0.2, -0.15) is 6.07 Å². The van der Waals surface area contributed by atoms with E-state index in [4.69, 9.17) is 9.97 Å². The molecule has 0 fully saturated rings. The minimum absolute atomic E-state index is 0. The van der Waals surface area contributed by atoms with Crippen LogP contribution in [0.3, 0.4) is 0 Å². The molecule has 0 saturated carbocycles. The quantitative estimate of drug-likeness (QED) is 0.123. The fourth-order valence-electron chi connectivity index (χ4n) is 7.10. The molecule has 0 saturated heterocycles. The maximum Gasteiger partial charge on any atom is 0.132 e. The Bertz CT molecular complexity index is 2750. The summed E-state index contributed by atoms with van der Waals surface area (Å²) in [5, 5.41) is 2.85. The van der Waals surface area contributed by atoms with E-state index in [-0.39, 0.29) is 25.9 Å². The zero-order valence-corrected chi connectivity index (χ0v) is 36.1. The number of hydrogen-bond donors (Lipinski definition) is 0. The van der Waals surface area contributed by atoms with Gasteiger partial charge in [0.1, 0.15) is 5.82 Å². The van der Waals surface area contributed by atoms with Gasteiger partial charge < -0.3 is 4.57 Å². The molecule has 4 nitrogen and oxygen atoms in total. The fraction of sp³-hybridized carbons (Fsp3) is 0.152. The van der Waals surface area contributed by atoms with Crippen molar-refractivity contribution >= 4 is 71.1 Å². The number of halogens is 1. The molecule has 5 aromatic carbocycles. The summed E-state index contributed by atoms with van der Waals surface area (Å²) in [5.41, 5.74) is 8.06. The molecular weight excluding hydrogens is 924 g/mol. The summed E-state index contributed by atoms with van der Waals surface area (Å²) in [4.78, 5) is 14.2. The van der Waals surface area contributed by atoms with E-state index in [1.165, 1.54) is 23.0 Å². The first kappa shape index (κ1) is 37.8. The topological polar surface area (TPSA) is 43.6 Å². The van der Waals surface area contributed by atoms with Crippen LogP contribution in [-0.2, 0) is 26.5 Å². The molecule has 1 radical (unpaired) electrons. The standard InChI is InChI=1S/C28H15FN3S.C18H24GeN.Ir/c29-20-10-6-14-24-25(20)26-27(33-24)19(15-16-30-26)28-31-21-11-3-4-12-23(21)32(28)22-13-5-8-17-7-1-2-9-18(17)22;1-14(2)11-16-12-18(15-9-7-6-8-10-15)20-13-17(16)19(3,4)5;/h1-14,16H;6-9,12-14H,11H2,1-5H3;/q2*-1;. The number of hydrogen-bond acceptors (Lipinski definition) is 4. The molecule has 0 unspecified atom stereocenters. The number of aromatic nitrogens is 4. The smallest absolute Gasteiger partial charge is 0.132 e. The zero-order chi connectivity index (χ0) is 36.7. The fourth-order valence-corrected chi connectivity index (χ4v) is 11.6. The molecule has 54 heavy (non-hydrogen) atoms. The van der Waals surface area contributed by atoms with Crippen LogP contribution < -0.4 is 4.40 Å². The van der Waals surface area contributed by atoms with Crippen molar-refractivity contribution < 1.29 is 24.5 Å². The third-order valence-electron chi connectivity index (χ3n) is 9.47. The van der Waals surface area contributed by atoms with Crippen LogP contribution in [0.15, 0.2) is 128 Å². The summed E-state index contributed by atoms with van der Waals surface area (Å²) >= 11 is -0.330. The van der Waals surface area contributed by atoms with E-state index < -0.39 is 13.3 Å². The van der Waals surface area contributed by atoms with Gasteiger partial charge in [-0.25, -0.2) is 15.7 Å². The summed E-state index contributed by atoms with van der Waals surface area (Å²) in [6.07, 6.45) is 4.90. The second-order valence-corrected chi connectivity index (χ2v) is 26.4. The third-order valence-corrected chi connectivity index (χ3v) is 15.0. The number of rotatable bonds is 6. The van der Waals surface area contributed by atoms with E-state index in [1.54, 1.807) is 16.7 Å². The molecule has 0 aliphatic heterocycles. The van der Waals surface area contributed by atoms with Gasteiger partial charge in [0.25, 0.3) is 0 Å². The van der Waals surface area contributed by atoms with Gasteiger partial charge in [-0.3, -0.25) is 9.97 Å². The predicted molar refractivity (Wildman–Crippen MR) is 224 cm³/mol. The first-order valence-electron chi connectivity index (χ1n) is 18.0. The third kappa shape index (κ3) is 7.30. The van der Waals surface area contributed by atoms with Gasteiger partial charge in [-0.05, 0) is 46.6 Å². The molecule has 0 spiro atoms. The Morgan fingerprint density at radius 3 is 2.39 bits per heavy atom. The number of para-hydroxylation sites is 2. The van der Waals surface area contributed by atoms with Crippen LogP contribution >= 0.6 is 11.3 Å². The van der Waals surface area contributed by atoms with Crippen LogP contribution in [0, 0.1) is 23.9 Å². The van der Waals surface area contributed by atoms with E-state index >= 15 is 0 Å². The maximum absolute atomic E-state index is 14.7. The van der Waals surface area contributed by atoms with Crippen LogP contribution in [0.25, 0.3) is 70.4 Å². The zero-order valence-electron chi connectivity index (χ0n) is 30.8. The second kappa shape index (κ2) is 15.7. The molecule has 271 valence electrons. The van der Waals surface area contributed by atoms with Gasteiger partial charge >= 0.3 is 126 Å². The molecule has 0 N–H and O–H groups in total. The Hall–Kier alpha value is -4.53. The van der Waals surface area contributed by atoms with Crippen molar-refractivity contribution in [2.75, 3.05) is 0 Å². The molecule has 4 aromatic heterocycles. The molecule has 9 rings (SSSR count). The van der Waals surface area contributed by atoms with Crippen LogP contribution in [0.5, 0.6) is 0 Å². The maximum atomic E-state index is 14.7. The van der Waals surface area contributed by atoms with Gasteiger partial charge in [0.2, 0.25) is 0 Å². The summed E-state index contributed by atoms with van der Waals surface area (Å²) in [5.74, 6) is 8.51. The van der Waals surface area contributed by atoms with Gasteiger partial charge in [0.05, 0.1) is 11.0 Å². The molecular formula is C46H39FGeIrN4S-2. The monoisotopic (exact) mass is 965 g/mol. The number of pyridine rings is 2. The minimum Gasteiger partial charge on any atom is -0.346 e. The van der Waals surface area contributed by atoms with E-state index in [1.807, 2.05) is 48.5 Å². The van der Waals surface area contributed by atoms with Gasteiger partial charge in [0, 0.05) is 52.6 Å². The molecule has 0 atom stereocenters. The Kier molecular flexibility index (Phi) is 11.0. The summed E-state index contributed by atoms with van der Waals surface area (Å²) in [6.45, 7) is 4.57. The predicted octanol–water partition coefficient (Wildman–Crippen LogP) is 11.8. The minimum atomic E-state index is -1.86. The number of fused-ring (bicyclic) bond motifs is 5. The molecule has 0 bridgehead atoms. The van der Waals surface area contributed by atoms with E-state index in [2.05, 4.69) is 114 Å². The number of thiophene rings is 1. The van der Waals surface area contributed by atoms with Crippen molar-refractivity contribution in [3.05, 3.63) is 151 Å². The van der Waals surface area contributed by atoms with Crippen LogP contribution in [0.1, 0.15) is 19.4 Å². The normalized spacial score (nSPS) is 11.6. The van der Waals surface area contributed by atoms with Gasteiger partial charge in [-0.15, -0.1) is 5.56 Å². The molecule has 0 aliphatic carbocycles. The Labute approximate surface area is 335 Å². The van der Waals surface area contributed by atoms with Crippen molar-refractivity contribution in [2.24, 2.45) is 5.92 Å². The second-order valence-electron chi connectivity index (χ2n) is 14.8. The van der Waals surface area contributed by atoms with Crippen molar-refractivity contribution in [1.82, 2.24) is 19.5 Å². The molecule has 8 heteroatoms. The van der Waals surface area contributed by atoms with Crippen molar-refractivity contribution in [2.45, 2.75) is 37.5 Å². The Morgan fingerprint density at radius 1 is 0.833 bits per heavy atom. The van der Waals surface area contributed by atoms with Crippen molar-refractivity contribution in [3.63, 3.8) is 0 Å². The van der Waals surface area contributed by atoms with Gasteiger partial charge in [-0.1, -0.05) is 54.6 Å². The van der Waals surface area contributed by atoms with Crippen LogP contribution in [0.4, 0.5) is 4.39 Å². The largest absolute Gasteiger partial charge is 0.346 e.